The second-order valence-electron chi connectivity index (χ2n) is 4.15. The van der Waals surface area contributed by atoms with Crippen molar-refractivity contribution in [2.45, 2.75) is 12.5 Å². The fourth-order valence-corrected chi connectivity index (χ4v) is 2.21. The largest absolute Gasteiger partial charge is 0.495 e. The number of nitrogens with two attached hydrogens (primary N) is 1. The Labute approximate surface area is 111 Å². The number of carbonyl (C=O) groups is 1. The zero-order chi connectivity index (χ0) is 13.1. The van der Waals surface area contributed by atoms with Crippen LogP contribution < -0.4 is 20.7 Å². The monoisotopic (exact) mass is 269 g/mol. The number of methoxy groups -OCH3 is 1. The van der Waals surface area contributed by atoms with Gasteiger partial charge in [-0.15, -0.1) is 0 Å². The molecule has 3 N–H and O–H groups in total. The molecule has 1 unspecified atom stereocenters. The first-order valence-corrected chi connectivity index (χ1v) is 6.15. The van der Waals surface area contributed by atoms with E-state index in [2.05, 4.69) is 5.32 Å². The smallest absolute Gasteiger partial charge is 0.322 e. The minimum Gasteiger partial charge on any atom is -0.495 e. The van der Waals surface area contributed by atoms with Gasteiger partial charge >= 0.3 is 6.03 Å². The molecule has 98 valence electrons. The minimum absolute atomic E-state index is 0.0752. The summed E-state index contributed by atoms with van der Waals surface area (Å²) in [6.07, 6.45) is 0.755. The SMILES string of the molecule is COc1ccc(Cl)cc1N1CC(CCN)NC1=O. The first-order chi connectivity index (χ1) is 8.65. The van der Waals surface area contributed by atoms with Gasteiger partial charge in [0.15, 0.2) is 0 Å². The highest BCUT2D eigenvalue weighted by atomic mass is 35.5. The van der Waals surface area contributed by atoms with Gasteiger partial charge in [0, 0.05) is 17.6 Å². The van der Waals surface area contributed by atoms with Gasteiger partial charge in [0.05, 0.1) is 12.8 Å². The molecule has 1 saturated heterocycles. The second-order valence-corrected chi connectivity index (χ2v) is 4.59. The second kappa shape index (κ2) is 5.46. The van der Waals surface area contributed by atoms with Crippen LogP contribution in [0.4, 0.5) is 10.5 Å². The van der Waals surface area contributed by atoms with Crippen molar-refractivity contribution < 1.29 is 9.53 Å². The van der Waals surface area contributed by atoms with Crippen molar-refractivity contribution in [2.75, 3.05) is 25.1 Å². The Morgan fingerprint density at radius 1 is 1.61 bits per heavy atom. The molecule has 1 heterocycles. The molecule has 1 atom stereocenters. The molecule has 1 aromatic carbocycles. The zero-order valence-corrected chi connectivity index (χ0v) is 10.9. The highest BCUT2D eigenvalue weighted by molar-refractivity contribution is 6.31. The third-order valence-electron chi connectivity index (χ3n) is 2.92. The third kappa shape index (κ3) is 2.52. The first kappa shape index (κ1) is 13.0. The van der Waals surface area contributed by atoms with Crippen molar-refractivity contribution in [3.8, 4) is 5.75 Å². The van der Waals surface area contributed by atoms with E-state index in [-0.39, 0.29) is 12.1 Å². The topological polar surface area (TPSA) is 67.6 Å². The van der Waals surface area contributed by atoms with Crippen molar-refractivity contribution in [3.63, 3.8) is 0 Å². The van der Waals surface area contributed by atoms with E-state index in [9.17, 15) is 4.79 Å². The zero-order valence-electron chi connectivity index (χ0n) is 10.1. The van der Waals surface area contributed by atoms with Crippen molar-refractivity contribution in [2.24, 2.45) is 5.73 Å². The molecule has 0 bridgehead atoms. The Balaban J connectivity index is 2.26. The van der Waals surface area contributed by atoms with Crippen LogP contribution in [0, 0.1) is 0 Å². The van der Waals surface area contributed by atoms with Gasteiger partial charge in [-0.2, -0.15) is 0 Å². The first-order valence-electron chi connectivity index (χ1n) is 5.77. The van der Waals surface area contributed by atoms with Gasteiger partial charge in [0.2, 0.25) is 0 Å². The summed E-state index contributed by atoms with van der Waals surface area (Å²) in [5, 5.41) is 3.45. The highest BCUT2D eigenvalue weighted by Crippen LogP contribution is 2.32. The van der Waals surface area contributed by atoms with Crippen LogP contribution in [0.2, 0.25) is 5.02 Å². The number of ether oxygens (including phenoxy) is 1. The lowest BCUT2D eigenvalue weighted by atomic mass is 10.2. The number of halogens is 1. The van der Waals surface area contributed by atoms with Crippen LogP contribution in [0.3, 0.4) is 0 Å². The molecule has 1 aliphatic heterocycles. The molecule has 0 saturated carbocycles. The van der Waals surface area contributed by atoms with Gasteiger partial charge in [0.1, 0.15) is 5.75 Å². The normalized spacial score (nSPS) is 18.9. The summed E-state index contributed by atoms with van der Waals surface area (Å²) in [6, 6.07) is 5.14. The molecule has 0 aromatic heterocycles. The Morgan fingerprint density at radius 2 is 2.39 bits per heavy atom. The van der Waals surface area contributed by atoms with Gasteiger partial charge in [-0.1, -0.05) is 11.6 Å². The van der Waals surface area contributed by atoms with E-state index in [0.717, 1.165) is 6.42 Å². The van der Waals surface area contributed by atoms with Gasteiger partial charge in [0.25, 0.3) is 0 Å². The van der Waals surface area contributed by atoms with Crippen LogP contribution in [0.25, 0.3) is 0 Å². The predicted octanol–water partition coefficient (Wildman–Crippen LogP) is 1.60. The molecule has 0 aliphatic carbocycles. The molecular formula is C12H16ClN3O2. The predicted molar refractivity (Wildman–Crippen MR) is 71.3 cm³/mol. The van der Waals surface area contributed by atoms with E-state index in [0.29, 0.717) is 29.5 Å². The van der Waals surface area contributed by atoms with E-state index in [4.69, 9.17) is 22.1 Å². The van der Waals surface area contributed by atoms with Crippen LogP contribution in [0.5, 0.6) is 5.75 Å². The highest BCUT2D eigenvalue weighted by Gasteiger charge is 2.30. The lowest BCUT2D eigenvalue weighted by molar-refractivity contribution is 0.250. The summed E-state index contributed by atoms with van der Waals surface area (Å²) >= 11 is 5.96. The molecule has 1 aliphatic rings. The summed E-state index contributed by atoms with van der Waals surface area (Å²) in [4.78, 5) is 13.5. The summed E-state index contributed by atoms with van der Waals surface area (Å²) in [7, 11) is 1.57. The Bertz CT molecular complexity index is 453. The van der Waals surface area contributed by atoms with E-state index in [1.165, 1.54) is 0 Å². The fraction of sp³-hybridized carbons (Fsp3) is 0.417. The van der Waals surface area contributed by atoms with Crippen molar-refractivity contribution in [3.05, 3.63) is 23.2 Å². The third-order valence-corrected chi connectivity index (χ3v) is 3.16. The van der Waals surface area contributed by atoms with Gasteiger partial charge < -0.3 is 15.8 Å². The lowest BCUT2D eigenvalue weighted by Crippen LogP contribution is -2.29. The number of nitrogens with one attached hydrogen (secondary N) is 1. The maximum Gasteiger partial charge on any atom is 0.322 e. The molecule has 2 amide bonds. The van der Waals surface area contributed by atoms with Crippen LogP contribution in [0.15, 0.2) is 18.2 Å². The number of hydrogen-bond acceptors (Lipinski definition) is 3. The maximum atomic E-state index is 11.9. The Morgan fingerprint density at radius 3 is 3.06 bits per heavy atom. The van der Waals surface area contributed by atoms with Crippen molar-refractivity contribution in [1.82, 2.24) is 5.32 Å². The van der Waals surface area contributed by atoms with Crippen molar-refractivity contribution in [1.29, 1.82) is 0 Å². The van der Waals surface area contributed by atoms with Gasteiger partial charge in [-0.25, -0.2) is 4.79 Å². The van der Waals surface area contributed by atoms with Crippen LogP contribution in [-0.2, 0) is 0 Å². The number of hydrogen-bond donors (Lipinski definition) is 2. The lowest BCUT2D eigenvalue weighted by Gasteiger charge is -2.18. The minimum atomic E-state index is -0.144. The maximum absolute atomic E-state index is 11.9. The van der Waals surface area contributed by atoms with Crippen LogP contribution in [-0.4, -0.2) is 32.3 Å². The van der Waals surface area contributed by atoms with E-state index in [1.54, 1.807) is 30.2 Å². The molecule has 2 rings (SSSR count). The number of carbonyl (C=O) groups excluding carboxylic acids is 1. The molecule has 1 fully saturated rings. The average Bonchev–Trinajstić information content (AvgIpc) is 2.70. The summed E-state index contributed by atoms with van der Waals surface area (Å²) in [5.41, 5.74) is 6.18. The van der Waals surface area contributed by atoms with Gasteiger partial charge in [-0.05, 0) is 31.2 Å². The molecule has 1 aromatic rings. The number of amides is 2. The molecule has 6 heteroatoms. The standard InChI is InChI=1S/C12H16ClN3O2/c1-18-11-3-2-8(13)6-10(11)16-7-9(4-5-14)15-12(16)17/h2-3,6,9H,4-5,7,14H2,1H3,(H,15,17). The van der Waals surface area contributed by atoms with Crippen LogP contribution in [0.1, 0.15) is 6.42 Å². The number of rotatable bonds is 4. The molecular weight excluding hydrogens is 254 g/mol. The summed E-state index contributed by atoms with van der Waals surface area (Å²) in [5.74, 6) is 0.628. The van der Waals surface area contributed by atoms with Gasteiger partial charge in [-0.3, -0.25) is 4.90 Å². The number of anilines is 1. The number of urea groups is 1. The van der Waals surface area contributed by atoms with E-state index < -0.39 is 0 Å². The molecule has 0 radical (unpaired) electrons. The Hall–Kier alpha value is -1.46. The molecule has 18 heavy (non-hydrogen) atoms. The van der Waals surface area contributed by atoms with E-state index in [1.807, 2.05) is 0 Å². The molecule has 5 nitrogen and oxygen atoms in total. The Kier molecular flexibility index (Phi) is 3.93. The molecule has 0 spiro atoms. The van der Waals surface area contributed by atoms with E-state index >= 15 is 0 Å². The van der Waals surface area contributed by atoms with Crippen molar-refractivity contribution >= 4 is 23.3 Å². The summed E-state index contributed by atoms with van der Waals surface area (Å²) < 4.78 is 5.25. The average molecular weight is 270 g/mol. The van der Waals surface area contributed by atoms with Crippen LogP contribution >= 0.6 is 11.6 Å². The summed E-state index contributed by atoms with van der Waals surface area (Å²) in [6.45, 7) is 1.12. The quantitative estimate of drug-likeness (QED) is 0.872. The fourth-order valence-electron chi connectivity index (χ4n) is 2.05. The number of benzene rings is 1. The number of nitrogens with zero attached hydrogens (tertiary/aromatic N) is 1.